The van der Waals surface area contributed by atoms with Crippen LogP contribution < -0.4 is 0 Å². The molecule has 1 unspecified atom stereocenters. The molecule has 0 fully saturated rings. The van der Waals surface area contributed by atoms with Crippen molar-refractivity contribution in [2.24, 2.45) is 0 Å². The molecular formula is C2HN2PSe. The third-order valence-electron chi connectivity index (χ3n) is 0.192. The van der Waals surface area contributed by atoms with Gasteiger partial charge in [-0.15, -0.1) is 0 Å². The molecule has 0 saturated heterocycles. The van der Waals surface area contributed by atoms with Crippen LogP contribution in [-0.2, 0) is 0 Å². The molecule has 0 radical (unpaired) electrons. The SMILES string of the molecule is N#C[P+]([Se-])=C=N. The fraction of sp³-hybridized carbons (Fsp3) is 0. The first kappa shape index (κ1) is 5.89. The second-order valence-electron chi connectivity index (χ2n) is 0.506. The maximum atomic E-state index is 7.90. The van der Waals surface area contributed by atoms with Crippen molar-refractivity contribution < 1.29 is 0 Å². The molecule has 0 aliphatic rings. The van der Waals surface area contributed by atoms with Gasteiger partial charge in [0.2, 0.25) is 0 Å². The summed E-state index contributed by atoms with van der Waals surface area (Å²) < 4.78 is 0. The van der Waals surface area contributed by atoms with Crippen molar-refractivity contribution >= 4 is 27.4 Å². The molecule has 0 amide bonds. The van der Waals surface area contributed by atoms with Crippen LogP contribution in [0.1, 0.15) is 0 Å². The number of nitrogens with one attached hydrogen (secondary N) is 1. The molecule has 0 aromatic carbocycles. The molecule has 1 N–H and O–H groups in total. The average molecular weight is 163 g/mol. The van der Waals surface area contributed by atoms with E-state index in [-0.39, 0.29) is 0 Å². The fourth-order valence-corrected chi connectivity index (χ4v) is 0.0750. The molecule has 0 aromatic rings. The van der Waals surface area contributed by atoms with Crippen LogP contribution in [0.2, 0.25) is 0 Å². The van der Waals surface area contributed by atoms with E-state index in [2.05, 4.69) is 15.6 Å². The first-order valence-corrected chi connectivity index (χ1v) is 4.66. The summed E-state index contributed by atoms with van der Waals surface area (Å²) in [5, 5.41) is 14.2. The quantitative estimate of drug-likeness (QED) is 0.315. The Kier molecular flexibility index (Phi) is 3.04. The molecule has 0 bridgehead atoms. The third-order valence-corrected chi connectivity index (χ3v) is 1.67. The standard InChI is InChI=1S/C2HN2PSe/c3-1-5(6)2-4/h3H. The monoisotopic (exact) mass is 164 g/mol. The minimum atomic E-state index is -0.979. The summed E-state index contributed by atoms with van der Waals surface area (Å²) in [6.07, 6.45) is -0.979. The zero-order valence-corrected chi connectivity index (χ0v) is 5.41. The van der Waals surface area contributed by atoms with E-state index >= 15 is 0 Å². The van der Waals surface area contributed by atoms with Gasteiger partial charge in [0, 0.05) is 0 Å². The Morgan fingerprint density at radius 3 is 2.33 bits per heavy atom. The predicted molar refractivity (Wildman–Crippen MR) is 26.0 cm³/mol. The van der Waals surface area contributed by atoms with Gasteiger partial charge in [0.15, 0.2) is 0 Å². The van der Waals surface area contributed by atoms with Crippen LogP contribution in [-0.4, -0.2) is 21.2 Å². The molecular weight excluding hydrogens is 162 g/mol. The summed E-state index contributed by atoms with van der Waals surface area (Å²) in [5.41, 5.74) is 2.01. The van der Waals surface area contributed by atoms with E-state index in [1.807, 2.05) is 11.4 Å². The Balaban J connectivity index is 3.99. The van der Waals surface area contributed by atoms with E-state index in [1.54, 1.807) is 0 Å². The van der Waals surface area contributed by atoms with Gasteiger partial charge in [-0.25, -0.2) is 0 Å². The predicted octanol–water partition coefficient (Wildman–Crippen LogP) is 0.517. The Morgan fingerprint density at radius 2 is 2.33 bits per heavy atom. The van der Waals surface area contributed by atoms with Gasteiger partial charge in [0.25, 0.3) is 0 Å². The molecule has 0 heterocycles. The molecule has 0 saturated carbocycles. The molecule has 0 spiro atoms. The van der Waals surface area contributed by atoms with Gasteiger partial charge >= 0.3 is 43.9 Å². The van der Waals surface area contributed by atoms with Gasteiger partial charge in [-0.2, -0.15) is 0 Å². The molecule has 0 rings (SSSR count). The van der Waals surface area contributed by atoms with Crippen molar-refractivity contribution in [2.45, 2.75) is 0 Å². The van der Waals surface area contributed by atoms with Crippen LogP contribution in [0.3, 0.4) is 0 Å². The normalized spacial score (nSPS) is 8.33. The van der Waals surface area contributed by atoms with Crippen LogP contribution in [0, 0.1) is 16.5 Å². The number of nitrogens with zero attached hydrogens (tertiary/aromatic N) is 1. The van der Waals surface area contributed by atoms with Crippen molar-refractivity contribution in [2.75, 3.05) is 0 Å². The van der Waals surface area contributed by atoms with E-state index in [0.29, 0.717) is 0 Å². The van der Waals surface area contributed by atoms with Gasteiger partial charge in [-0.05, 0) is 0 Å². The van der Waals surface area contributed by atoms with E-state index < -0.39 is 6.23 Å². The van der Waals surface area contributed by atoms with Crippen LogP contribution >= 0.6 is 6.23 Å². The topological polar surface area (TPSA) is 47.6 Å². The number of hydrogen-bond donors (Lipinski definition) is 1. The second-order valence-corrected chi connectivity index (χ2v) is 3.82. The second kappa shape index (κ2) is 3.09. The zero-order valence-electron chi connectivity index (χ0n) is 2.80. The summed E-state index contributed by atoms with van der Waals surface area (Å²) >= 11 is 2.48. The molecule has 0 aliphatic carbocycles. The summed E-state index contributed by atoms with van der Waals surface area (Å²) in [5.74, 6) is 1.83. The Labute approximate surface area is 44.5 Å². The van der Waals surface area contributed by atoms with Crippen molar-refractivity contribution in [1.82, 2.24) is 0 Å². The Hall–Kier alpha value is -0.111. The maximum absolute atomic E-state index is 7.90. The number of rotatable bonds is 0. The average Bonchev–Trinajstić information content (AvgIpc) is 1.65. The van der Waals surface area contributed by atoms with E-state index in [9.17, 15) is 0 Å². The van der Waals surface area contributed by atoms with Crippen molar-refractivity contribution in [3.63, 3.8) is 0 Å². The van der Waals surface area contributed by atoms with Crippen LogP contribution in [0.15, 0.2) is 0 Å². The van der Waals surface area contributed by atoms with Crippen LogP contribution in [0.5, 0.6) is 0 Å². The van der Waals surface area contributed by atoms with Crippen LogP contribution in [0.4, 0.5) is 0 Å². The first-order chi connectivity index (χ1) is 2.81. The minimum absolute atomic E-state index is 0.979. The van der Waals surface area contributed by atoms with Crippen LogP contribution in [0.25, 0.3) is 0 Å². The van der Waals surface area contributed by atoms with Gasteiger partial charge in [0.1, 0.15) is 0 Å². The van der Waals surface area contributed by atoms with Gasteiger partial charge < -0.3 is 0 Å². The van der Waals surface area contributed by atoms with Crippen molar-refractivity contribution in [1.29, 1.82) is 10.7 Å². The summed E-state index contributed by atoms with van der Waals surface area (Å²) in [6.45, 7) is 0. The molecule has 1 atom stereocenters. The third kappa shape index (κ3) is 2.15. The van der Waals surface area contributed by atoms with Crippen molar-refractivity contribution in [3.05, 3.63) is 0 Å². The van der Waals surface area contributed by atoms with Crippen molar-refractivity contribution in [3.8, 4) is 5.81 Å². The zero-order chi connectivity index (χ0) is 4.99. The summed E-state index contributed by atoms with van der Waals surface area (Å²) in [7, 11) is 0. The molecule has 2 nitrogen and oxygen atoms in total. The van der Waals surface area contributed by atoms with E-state index in [1.165, 1.54) is 0 Å². The molecule has 4 heteroatoms. The van der Waals surface area contributed by atoms with Gasteiger partial charge in [-0.1, -0.05) is 0 Å². The number of nitriles is 1. The Bertz CT molecular complexity index is 129. The molecule has 6 heavy (non-hydrogen) atoms. The molecule has 30 valence electrons. The summed E-state index contributed by atoms with van der Waals surface area (Å²) in [4.78, 5) is 0. The molecule has 0 aliphatic heterocycles. The number of hydrogen-bond acceptors (Lipinski definition) is 2. The molecule has 0 aromatic heterocycles. The van der Waals surface area contributed by atoms with E-state index in [0.717, 1.165) is 0 Å². The van der Waals surface area contributed by atoms with Gasteiger partial charge in [0.05, 0.1) is 0 Å². The fourth-order valence-electron chi connectivity index (χ4n) is 0.0250. The van der Waals surface area contributed by atoms with Gasteiger partial charge in [-0.3, -0.25) is 0 Å². The summed E-state index contributed by atoms with van der Waals surface area (Å²) in [6, 6.07) is 0. The Morgan fingerprint density at radius 1 is 1.83 bits per heavy atom. The first-order valence-electron chi connectivity index (χ1n) is 1.10. The van der Waals surface area contributed by atoms with E-state index in [4.69, 9.17) is 10.7 Å².